The van der Waals surface area contributed by atoms with Gasteiger partial charge < -0.3 is 19.5 Å². The summed E-state index contributed by atoms with van der Waals surface area (Å²) >= 11 is 0. The van der Waals surface area contributed by atoms with Gasteiger partial charge in [0.1, 0.15) is 0 Å². The predicted octanol–water partition coefficient (Wildman–Crippen LogP) is 2.18. The molecule has 1 saturated heterocycles. The number of piperazine rings is 1. The molecule has 1 aliphatic heterocycles. The van der Waals surface area contributed by atoms with Crippen molar-refractivity contribution >= 4 is 21.6 Å². The largest absolute Gasteiger partial charge is 0.493 e. The zero-order valence-corrected chi connectivity index (χ0v) is 19.6. The first-order chi connectivity index (χ1) is 15.3. The molecule has 0 radical (unpaired) electrons. The second-order valence-corrected chi connectivity index (χ2v) is 9.36. The molecule has 32 heavy (non-hydrogen) atoms. The fourth-order valence-corrected chi connectivity index (χ4v) is 5.10. The van der Waals surface area contributed by atoms with E-state index in [4.69, 9.17) is 14.2 Å². The lowest BCUT2D eigenvalue weighted by Gasteiger charge is -2.34. The number of amides is 1. The number of rotatable bonds is 8. The third kappa shape index (κ3) is 5.32. The van der Waals surface area contributed by atoms with Crippen LogP contribution in [0.15, 0.2) is 41.3 Å². The van der Waals surface area contributed by atoms with Crippen molar-refractivity contribution in [1.82, 2.24) is 9.21 Å². The SMILES string of the molecule is COc1cc(CN2CCN(S(=O)(=O)c3ccc(NC(C)=O)cc3)CC2)cc(OC)c1OC. The summed E-state index contributed by atoms with van der Waals surface area (Å²) in [7, 11) is 1.12. The maximum atomic E-state index is 13.0. The van der Waals surface area contributed by atoms with Crippen LogP contribution in [0, 0.1) is 0 Å². The Morgan fingerprint density at radius 3 is 1.97 bits per heavy atom. The molecule has 1 heterocycles. The first kappa shape index (κ1) is 23.8. The molecule has 1 amide bonds. The van der Waals surface area contributed by atoms with Crippen LogP contribution in [0.25, 0.3) is 0 Å². The first-order valence-corrected chi connectivity index (χ1v) is 11.6. The van der Waals surface area contributed by atoms with Crippen LogP contribution in [0.4, 0.5) is 5.69 Å². The van der Waals surface area contributed by atoms with Gasteiger partial charge in [-0.2, -0.15) is 4.31 Å². The average molecular weight is 464 g/mol. The molecular weight excluding hydrogens is 434 g/mol. The van der Waals surface area contributed by atoms with Crippen molar-refractivity contribution < 1.29 is 27.4 Å². The first-order valence-electron chi connectivity index (χ1n) is 10.2. The Labute approximate surface area is 188 Å². The van der Waals surface area contributed by atoms with Gasteiger partial charge >= 0.3 is 0 Å². The quantitative estimate of drug-likeness (QED) is 0.641. The van der Waals surface area contributed by atoms with Crippen LogP contribution in [-0.2, 0) is 21.4 Å². The molecule has 0 atom stereocenters. The third-order valence-electron chi connectivity index (χ3n) is 5.27. The molecule has 2 aromatic rings. The molecule has 3 rings (SSSR count). The summed E-state index contributed by atoms with van der Waals surface area (Å²) in [4.78, 5) is 13.5. The van der Waals surface area contributed by atoms with Crippen molar-refractivity contribution in [1.29, 1.82) is 0 Å². The van der Waals surface area contributed by atoms with Gasteiger partial charge in [0.25, 0.3) is 0 Å². The van der Waals surface area contributed by atoms with Crippen LogP contribution in [0.2, 0.25) is 0 Å². The van der Waals surface area contributed by atoms with Crippen LogP contribution in [0.1, 0.15) is 12.5 Å². The number of nitrogens with one attached hydrogen (secondary N) is 1. The molecule has 2 aromatic carbocycles. The zero-order valence-electron chi connectivity index (χ0n) is 18.8. The summed E-state index contributed by atoms with van der Waals surface area (Å²) in [5, 5.41) is 2.64. The van der Waals surface area contributed by atoms with Crippen LogP contribution >= 0.6 is 0 Å². The Balaban J connectivity index is 1.65. The summed E-state index contributed by atoms with van der Waals surface area (Å²) in [5.74, 6) is 1.51. The topological polar surface area (TPSA) is 97.4 Å². The van der Waals surface area contributed by atoms with E-state index in [0.717, 1.165) is 5.56 Å². The highest BCUT2D eigenvalue weighted by atomic mass is 32.2. The van der Waals surface area contributed by atoms with Crippen molar-refractivity contribution in [3.63, 3.8) is 0 Å². The van der Waals surface area contributed by atoms with Gasteiger partial charge in [0.2, 0.25) is 21.7 Å². The molecule has 0 unspecified atom stereocenters. The van der Waals surface area contributed by atoms with Crippen molar-refractivity contribution in [3.8, 4) is 17.2 Å². The highest BCUT2D eigenvalue weighted by molar-refractivity contribution is 7.89. The molecule has 174 valence electrons. The van der Waals surface area contributed by atoms with Gasteiger partial charge in [0, 0.05) is 45.3 Å². The summed E-state index contributed by atoms with van der Waals surface area (Å²) in [5.41, 5.74) is 1.55. The fraction of sp³-hybridized carbons (Fsp3) is 0.409. The van der Waals surface area contributed by atoms with Gasteiger partial charge in [0.15, 0.2) is 11.5 Å². The number of carbonyl (C=O) groups is 1. The Morgan fingerprint density at radius 2 is 1.50 bits per heavy atom. The van der Waals surface area contributed by atoms with Crippen molar-refractivity contribution in [3.05, 3.63) is 42.0 Å². The second-order valence-electron chi connectivity index (χ2n) is 7.42. The predicted molar refractivity (Wildman–Crippen MR) is 121 cm³/mol. The molecule has 0 aliphatic carbocycles. The Morgan fingerprint density at radius 1 is 0.938 bits per heavy atom. The Hall–Kier alpha value is -2.82. The van der Waals surface area contributed by atoms with Gasteiger partial charge in [-0.25, -0.2) is 8.42 Å². The highest BCUT2D eigenvalue weighted by Crippen LogP contribution is 2.38. The number of ether oxygens (including phenoxy) is 3. The number of benzene rings is 2. The second kappa shape index (κ2) is 10.2. The molecule has 1 aliphatic rings. The van der Waals surface area contributed by atoms with E-state index in [1.54, 1.807) is 33.5 Å². The molecule has 1 N–H and O–H groups in total. The summed E-state index contributed by atoms with van der Waals surface area (Å²) in [6, 6.07) is 10.0. The van der Waals surface area contributed by atoms with Gasteiger partial charge in [-0.3, -0.25) is 9.69 Å². The number of sulfonamides is 1. The number of hydrogen-bond acceptors (Lipinski definition) is 7. The van der Waals surface area contributed by atoms with Crippen molar-refractivity contribution in [2.75, 3.05) is 52.8 Å². The minimum atomic E-state index is -3.60. The van der Waals surface area contributed by atoms with Crippen LogP contribution in [-0.4, -0.2) is 71.0 Å². The maximum absolute atomic E-state index is 13.0. The standard InChI is InChI=1S/C22H29N3O6S/c1-16(26)23-18-5-7-19(8-6-18)32(27,28)25-11-9-24(10-12-25)15-17-13-20(29-2)22(31-4)21(14-17)30-3/h5-8,13-14H,9-12,15H2,1-4H3,(H,23,26). The summed E-state index contributed by atoms with van der Waals surface area (Å²) in [6.07, 6.45) is 0. The van der Waals surface area contributed by atoms with E-state index < -0.39 is 10.0 Å². The van der Waals surface area contributed by atoms with Crippen LogP contribution < -0.4 is 19.5 Å². The maximum Gasteiger partial charge on any atom is 0.243 e. The monoisotopic (exact) mass is 463 g/mol. The summed E-state index contributed by atoms with van der Waals surface area (Å²) < 4.78 is 43.7. The molecule has 0 spiro atoms. The molecule has 0 bridgehead atoms. The van der Waals surface area contributed by atoms with E-state index in [2.05, 4.69) is 10.2 Å². The van der Waals surface area contributed by atoms with E-state index in [-0.39, 0.29) is 10.8 Å². The lowest BCUT2D eigenvalue weighted by Crippen LogP contribution is -2.48. The smallest absolute Gasteiger partial charge is 0.243 e. The molecule has 0 saturated carbocycles. The third-order valence-corrected chi connectivity index (χ3v) is 7.19. The number of anilines is 1. The zero-order chi connectivity index (χ0) is 23.3. The van der Waals surface area contributed by atoms with Crippen molar-refractivity contribution in [2.45, 2.75) is 18.4 Å². The van der Waals surface area contributed by atoms with Gasteiger partial charge in [-0.1, -0.05) is 0 Å². The number of nitrogens with zero attached hydrogens (tertiary/aromatic N) is 2. The van der Waals surface area contributed by atoms with Gasteiger partial charge in [-0.05, 0) is 42.0 Å². The molecule has 9 nitrogen and oxygen atoms in total. The average Bonchev–Trinajstić information content (AvgIpc) is 2.78. The van der Waals surface area contributed by atoms with E-state index in [9.17, 15) is 13.2 Å². The Kier molecular flexibility index (Phi) is 7.60. The lowest BCUT2D eigenvalue weighted by molar-refractivity contribution is -0.114. The minimum Gasteiger partial charge on any atom is -0.493 e. The lowest BCUT2D eigenvalue weighted by atomic mass is 10.1. The van der Waals surface area contributed by atoms with Crippen LogP contribution in [0.5, 0.6) is 17.2 Å². The summed E-state index contributed by atoms with van der Waals surface area (Å²) in [6.45, 7) is 4.01. The number of hydrogen-bond donors (Lipinski definition) is 1. The van der Waals surface area contributed by atoms with Crippen LogP contribution in [0.3, 0.4) is 0 Å². The fourth-order valence-electron chi connectivity index (χ4n) is 3.68. The van der Waals surface area contributed by atoms with Gasteiger partial charge in [0.05, 0.1) is 26.2 Å². The molecule has 10 heteroatoms. The van der Waals surface area contributed by atoms with E-state index in [0.29, 0.717) is 55.7 Å². The molecular formula is C22H29N3O6S. The normalized spacial score (nSPS) is 15.2. The van der Waals surface area contributed by atoms with E-state index >= 15 is 0 Å². The minimum absolute atomic E-state index is 0.205. The number of methoxy groups -OCH3 is 3. The molecule has 1 fully saturated rings. The number of carbonyl (C=O) groups excluding carboxylic acids is 1. The Bertz CT molecular complexity index is 1020. The van der Waals surface area contributed by atoms with E-state index in [1.807, 2.05) is 12.1 Å². The molecule has 0 aromatic heterocycles. The van der Waals surface area contributed by atoms with E-state index in [1.165, 1.54) is 23.4 Å². The highest BCUT2D eigenvalue weighted by Gasteiger charge is 2.28. The van der Waals surface area contributed by atoms with Gasteiger partial charge in [-0.15, -0.1) is 0 Å². The van der Waals surface area contributed by atoms with Crippen molar-refractivity contribution in [2.24, 2.45) is 0 Å².